The molecule has 2 N–H and O–H groups in total. The number of carbonyl (C=O) groups excluding carboxylic acids is 1. The van der Waals surface area contributed by atoms with Crippen LogP contribution < -0.4 is 5.32 Å². The molecule has 1 aromatic rings. The zero-order chi connectivity index (χ0) is 13.2. The number of ether oxygens (including phenoxy) is 1. The molecule has 0 aliphatic carbocycles. The van der Waals surface area contributed by atoms with E-state index in [9.17, 15) is 9.59 Å². The van der Waals surface area contributed by atoms with Crippen molar-refractivity contribution in [3.05, 3.63) is 35.4 Å². The lowest BCUT2D eigenvalue weighted by Gasteiger charge is -2.35. The molecule has 5 heteroatoms. The molecular weight excluding hydrogens is 234 g/mol. The van der Waals surface area contributed by atoms with Gasteiger partial charge in [0.1, 0.15) is 0 Å². The number of carboxylic acids is 1. The maximum absolute atomic E-state index is 11.9. The quantitative estimate of drug-likeness (QED) is 0.771. The van der Waals surface area contributed by atoms with Gasteiger partial charge in [-0.1, -0.05) is 29.8 Å². The van der Waals surface area contributed by atoms with Crippen molar-refractivity contribution in [3.63, 3.8) is 0 Å². The molecule has 5 nitrogen and oxygen atoms in total. The Morgan fingerprint density at radius 1 is 1.33 bits per heavy atom. The number of aryl methyl sites for hydroxylation is 1. The molecule has 2 rings (SSSR count). The lowest BCUT2D eigenvalue weighted by atomic mass is 9.85. The van der Waals surface area contributed by atoms with Gasteiger partial charge in [-0.05, 0) is 12.5 Å². The van der Waals surface area contributed by atoms with Crippen LogP contribution in [0.1, 0.15) is 11.1 Å². The third kappa shape index (κ3) is 2.22. The Kier molecular flexibility index (Phi) is 3.34. The topological polar surface area (TPSA) is 75.6 Å². The largest absolute Gasteiger partial charge is 0.480 e. The molecule has 0 atom stereocenters. The van der Waals surface area contributed by atoms with Crippen molar-refractivity contribution in [3.8, 4) is 0 Å². The summed E-state index contributed by atoms with van der Waals surface area (Å²) in [5.41, 5.74) is 0.680. The molecule has 18 heavy (non-hydrogen) atoms. The molecule has 1 aromatic carbocycles. The van der Waals surface area contributed by atoms with E-state index in [1.54, 1.807) is 0 Å². The normalized spacial score (nSPS) is 16.7. The van der Waals surface area contributed by atoms with Crippen LogP contribution in [0.15, 0.2) is 24.3 Å². The Labute approximate surface area is 105 Å². The summed E-state index contributed by atoms with van der Waals surface area (Å²) in [6, 6.07) is 7.70. The second-order valence-corrected chi connectivity index (χ2v) is 4.55. The number of benzene rings is 1. The third-order valence-corrected chi connectivity index (χ3v) is 3.11. The van der Waals surface area contributed by atoms with Crippen LogP contribution in [-0.2, 0) is 20.9 Å². The predicted octanol–water partition coefficient (Wildman–Crippen LogP) is 0.712. The van der Waals surface area contributed by atoms with Gasteiger partial charge in [-0.15, -0.1) is 0 Å². The molecule has 1 saturated heterocycles. The predicted molar refractivity (Wildman–Crippen MR) is 63.9 cm³/mol. The molecule has 0 bridgehead atoms. The number of aliphatic carboxylic acids is 1. The summed E-state index contributed by atoms with van der Waals surface area (Å²) < 4.78 is 4.85. The summed E-state index contributed by atoms with van der Waals surface area (Å²) in [5, 5.41) is 11.7. The summed E-state index contributed by atoms with van der Waals surface area (Å²) in [6.07, 6.45) is 0. The van der Waals surface area contributed by atoms with Crippen LogP contribution in [0.4, 0.5) is 0 Å². The highest BCUT2D eigenvalue weighted by atomic mass is 16.5. The molecule has 0 unspecified atom stereocenters. The van der Waals surface area contributed by atoms with E-state index in [0.29, 0.717) is 6.54 Å². The van der Waals surface area contributed by atoms with Crippen molar-refractivity contribution in [1.82, 2.24) is 5.32 Å². The minimum atomic E-state index is -1.40. The average Bonchev–Trinajstić information content (AvgIpc) is 2.26. The zero-order valence-electron chi connectivity index (χ0n) is 10.1. The van der Waals surface area contributed by atoms with Gasteiger partial charge in [0.05, 0.1) is 13.2 Å². The van der Waals surface area contributed by atoms with Gasteiger partial charge >= 0.3 is 5.97 Å². The zero-order valence-corrected chi connectivity index (χ0v) is 10.1. The van der Waals surface area contributed by atoms with Crippen LogP contribution in [0.3, 0.4) is 0 Å². The van der Waals surface area contributed by atoms with Crippen LogP contribution in [0.25, 0.3) is 0 Å². The van der Waals surface area contributed by atoms with E-state index < -0.39 is 17.3 Å². The van der Waals surface area contributed by atoms with E-state index >= 15 is 0 Å². The van der Waals surface area contributed by atoms with Crippen LogP contribution in [0.2, 0.25) is 0 Å². The minimum absolute atomic E-state index is 0.0535. The van der Waals surface area contributed by atoms with Crippen LogP contribution in [-0.4, -0.2) is 30.2 Å². The second kappa shape index (κ2) is 4.78. The van der Waals surface area contributed by atoms with E-state index in [1.807, 2.05) is 31.2 Å². The van der Waals surface area contributed by atoms with Gasteiger partial charge in [-0.25, -0.2) is 0 Å². The van der Waals surface area contributed by atoms with Gasteiger partial charge in [0.15, 0.2) is 5.41 Å². The van der Waals surface area contributed by atoms with Crippen LogP contribution in [0, 0.1) is 12.3 Å². The summed E-state index contributed by atoms with van der Waals surface area (Å²) in [4.78, 5) is 22.9. The van der Waals surface area contributed by atoms with Crippen LogP contribution >= 0.6 is 0 Å². The van der Waals surface area contributed by atoms with Gasteiger partial charge in [0.2, 0.25) is 5.91 Å². The number of rotatable bonds is 4. The first-order valence-electron chi connectivity index (χ1n) is 5.69. The van der Waals surface area contributed by atoms with Crippen molar-refractivity contribution >= 4 is 11.9 Å². The number of carboxylic acid groups (broad SMARTS) is 1. The van der Waals surface area contributed by atoms with Crippen LogP contribution in [0.5, 0.6) is 0 Å². The Balaban J connectivity index is 1.96. The molecule has 96 valence electrons. The third-order valence-electron chi connectivity index (χ3n) is 3.11. The fourth-order valence-corrected chi connectivity index (χ4v) is 1.72. The van der Waals surface area contributed by atoms with E-state index in [1.165, 1.54) is 0 Å². The monoisotopic (exact) mass is 249 g/mol. The van der Waals surface area contributed by atoms with Crippen molar-refractivity contribution in [1.29, 1.82) is 0 Å². The second-order valence-electron chi connectivity index (χ2n) is 4.55. The molecule has 0 spiro atoms. The summed E-state index contributed by atoms with van der Waals surface area (Å²) in [6.45, 7) is 2.20. The molecule has 0 saturated carbocycles. The molecule has 0 radical (unpaired) electrons. The van der Waals surface area contributed by atoms with E-state index in [2.05, 4.69) is 5.32 Å². The molecule has 1 heterocycles. The Hall–Kier alpha value is -1.88. The first-order valence-corrected chi connectivity index (χ1v) is 5.69. The van der Waals surface area contributed by atoms with Gasteiger partial charge in [0, 0.05) is 6.54 Å². The maximum Gasteiger partial charge on any atom is 0.324 e. The van der Waals surface area contributed by atoms with E-state index in [0.717, 1.165) is 11.1 Å². The van der Waals surface area contributed by atoms with Crippen molar-refractivity contribution in [2.24, 2.45) is 5.41 Å². The molecule has 1 amide bonds. The fourth-order valence-electron chi connectivity index (χ4n) is 1.72. The van der Waals surface area contributed by atoms with Gasteiger partial charge in [0.25, 0.3) is 0 Å². The van der Waals surface area contributed by atoms with E-state index in [4.69, 9.17) is 9.84 Å². The summed E-state index contributed by atoms with van der Waals surface area (Å²) >= 11 is 0. The van der Waals surface area contributed by atoms with Gasteiger partial charge < -0.3 is 15.2 Å². The Morgan fingerprint density at radius 2 is 1.94 bits per heavy atom. The standard InChI is InChI=1S/C13H15NO4/c1-9-2-4-10(5-3-9)6-14-11(15)13(12(16)17)7-18-8-13/h2-5H,6-8H2,1H3,(H,14,15)(H,16,17). The molecular formula is C13H15NO4. The SMILES string of the molecule is Cc1ccc(CNC(=O)C2(C(=O)O)COC2)cc1. The molecule has 1 fully saturated rings. The maximum atomic E-state index is 11.9. The molecule has 1 aliphatic rings. The van der Waals surface area contributed by atoms with Gasteiger partial charge in [-0.3, -0.25) is 9.59 Å². The highest BCUT2D eigenvalue weighted by Crippen LogP contribution is 2.28. The number of amides is 1. The Bertz CT molecular complexity index is 462. The van der Waals surface area contributed by atoms with Crippen molar-refractivity contribution in [2.75, 3.05) is 13.2 Å². The first-order chi connectivity index (χ1) is 8.54. The van der Waals surface area contributed by atoms with Crippen molar-refractivity contribution < 1.29 is 19.4 Å². The summed E-state index contributed by atoms with van der Waals surface area (Å²) in [7, 11) is 0. The number of nitrogens with one attached hydrogen (secondary N) is 1. The van der Waals surface area contributed by atoms with E-state index in [-0.39, 0.29) is 13.2 Å². The van der Waals surface area contributed by atoms with Gasteiger partial charge in [-0.2, -0.15) is 0 Å². The Morgan fingerprint density at radius 3 is 2.39 bits per heavy atom. The average molecular weight is 249 g/mol. The first kappa shape index (κ1) is 12.6. The number of carbonyl (C=O) groups is 2. The lowest BCUT2D eigenvalue weighted by Crippen LogP contribution is -2.58. The highest BCUT2D eigenvalue weighted by molar-refractivity contribution is 6.03. The molecule has 0 aromatic heterocycles. The van der Waals surface area contributed by atoms with Crippen molar-refractivity contribution in [2.45, 2.75) is 13.5 Å². The minimum Gasteiger partial charge on any atom is -0.480 e. The number of hydrogen-bond acceptors (Lipinski definition) is 3. The summed E-state index contributed by atoms with van der Waals surface area (Å²) in [5.74, 6) is -1.61. The fraction of sp³-hybridized carbons (Fsp3) is 0.385. The smallest absolute Gasteiger partial charge is 0.324 e. The number of hydrogen-bond donors (Lipinski definition) is 2. The lowest BCUT2D eigenvalue weighted by molar-refractivity contribution is -0.185. The highest BCUT2D eigenvalue weighted by Gasteiger charge is 2.53. The molecule has 1 aliphatic heterocycles.